The van der Waals surface area contributed by atoms with Crippen LogP contribution in [-0.2, 0) is 0 Å². The predicted molar refractivity (Wildman–Crippen MR) is 62.0 cm³/mol. The number of carbonyl (C=O) groups is 1. The number of nitrogens with zero attached hydrogens (tertiary/aromatic N) is 2. The molecule has 0 aliphatic carbocycles. The SMILES string of the molecule is NC(=O)c1cc(Cl)nnc1Oc1cccc(F)c1F. The van der Waals surface area contributed by atoms with E-state index in [1.165, 1.54) is 12.1 Å². The summed E-state index contributed by atoms with van der Waals surface area (Å²) >= 11 is 5.55. The minimum Gasteiger partial charge on any atom is -0.434 e. The molecule has 1 aromatic carbocycles. The molecule has 2 N–H and O–H groups in total. The van der Waals surface area contributed by atoms with Crippen molar-refractivity contribution in [2.45, 2.75) is 0 Å². The molecule has 0 aliphatic rings. The van der Waals surface area contributed by atoms with Gasteiger partial charge in [0, 0.05) is 0 Å². The van der Waals surface area contributed by atoms with Crippen LogP contribution < -0.4 is 10.5 Å². The molecule has 5 nitrogen and oxygen atoms in total. The van der Waals surface area contributed by atoms with Crippen LogP contribution in [0, 0.1) is 11.6 Å². The zero-order chi connectivity index (χ0) is 14.0. The largest absolute Gasteiger partial charge is 0.434 e. The van der Waals surface area contributed by atoms with Gasteiger partial charge in [-0.3, -0.25) is 4.79 Å². The standard InChI is InChI=1S/C11H6ClF2N3O2/c12-8-4-5(10(15)18)11(17-16-8)19-7-3-1-2-6(13)9(7)14/h1-4H,(H2,15,18). The molecule has 8 heteroatoms. The smallest absolute Gasteiger partial charge is 0.254 e. The Morgan fingerprint density at radius 2 is 2.05 bits per heavy atom. The molecule has 2 rings (SSSR count). The molecule has 2 aromatic rings. The highest BCUT2D eigenvalue weighted by Crippen LogP contribution is 2.27. The molecule has 98 valence electrons. The Hall–Kier alpha value is -2.28. The van der Waals surface area contributed by atoms with Crippen molar-refractivity contribution in [3.05, 3.63) is 46.6 Å². The van der Waals surface area contributed by atoms with Crippen LogP contribution in [0.4, 0.5) is 8.78 Å². The van der Waals surface area contributed by atoms with Crippen LogP contribution in [0.15, 0.2) is 24.3 Å². The highest BCUT2D eigenvalue weighted by Gasteiger charge is 2.17. The van der Waals surface area contributed by atoms with Crippen LogP contribution in [-0.4, -0.2) is 16.1 Å². The molecule has 0 saturated heterocycles. The van der Waals surface area contributed by atoms with Crippen LogP contribution in [0.25, 0.3) is 0 Å². The summed E-state index contributed by atoms with van der Waals surface area (Å²) in [5.74, 6) is -4.00. The maximum Gasteiger partial charge on any atom is 0.254 e. The minimum absolute atomic E-state index is 0.0825. The number of hydrogen-bond donors (Lipinski definition) is 1. The maximum absolute atomic E-state index is 13.4. The Morgan fingerprint density at radius 3 is 2.74 bits per heavy atom. The maximum atomic E-state index is 13.4. The number of nitrogens with two attached hydrogens (primary N) is 1. The van der Waals surface area contributed by atoms with E-state index in [0.29, 0.717) is 0 Å². The zero-order valence-corrected chi connectivity index (χ0v) is 9.99. The molecule has 0 fully saturated rings. The van der Waals surface area contributed by atoms with Crippen LogP contribution in [0.3, 0.4) is 0 Å². The van der Waals surface area contributed by atoms with Gasteiger partial charge in [0.1, 0.15) is 5.56 Å². The summed E-state index contributed by atoms with van der Waals surface area (Å²) < 4.78 is 31.4. The normalized spacial score (nSPS) is 10.3. The first-order valence-corrected chi connectivity index (χ1v) is 5.31. The van der Waals surface area contributed by atoms with Crippen molar-refractivity contribution in [2.75, 3.05) is 0 Å². The third-order valence-electron chi connectivity index (χ3n) is 2.12. The first-order chi connectivity index (χ1) is 8.99. The summed E-state index contributed by atoms with van der Waals surface area (Å²) in [5.41, 5.74) is 4.90. The number of carbonyl (C=O) groups excluding carboxylic acids is 1. The molecular formula is C11H6ClF2N3O2. The molecule has 0 aliphatic heterocycles. The average Bonchev–Trinajstić information content (AvgIpc) is 2.36. The van der Waals surface area contributed by atoms with Gasteiger partial charge < -0.3 is 10.5 Å². The summed E-state index contributed by atoms with van der Waals surface area (Å²) in [6, 6.07) is 4.44. The van der Waals surface area contributed by atoms with Crippen LogP contribution in [0.2, 0.25) is 5.15 Å². The van der Waals surface area contributed by atoms with Crippen LogP contribution in [0.1, 0.15) is 10.4 Å². The molecule has 0 atom stereocenters. The number of primary amides is 1. The molecule has 1 amide bonds. The second-order valence-electron chi connectivity index (χ2n) is 3.40. The van der Waals surface area contributed by atoms with Crippen LogP contribution >= 0.6 is 11.6 Å². The first-order valence-electron chi connectivity index (χ1n) is 4.94. The van der Waals surface area contributed by atoms with E-state index in [2.05, 4.69) is 10.2 Å². The molecule has 0 bridgehead atoms. The fourth-order valence-electron chi connectivity index (χ4n) is 1.28. The lowest BCUT2D eigenvalue weighted by atomic mass is 10.3. The monoisotopic (exact) mass is 285 g/mol. The lowest BCUT2D eigenvalue weighted by Gasteiger charge is -2.08. The molecular weight excluding hydrogens is 280 g/mol. The van der Waals surface area contributed by atoms with Gasteiger partial charge in [0.2, 0.25) is 5.82 Å². The lowest BCUT2D eigenvalue weighted by Crippen LogP contribution is -2.14. The molecule has 1 heterocycles. The average molecular weight is 286 g/mol. The highest BCUT2D eigenvalue weighted by atomic mass is 35.5. The van der Waals surface area contributed by atoms with E-state index >= 15 is 0 Å². The van der Waals surface area contributed by atoms with Gasteiger partial charge in [-0.05, 0) is 18.2 Å². The van der Waals surface area contributed by atoms with E-state index in [1.807, 2.05) is 0 Å². The fourth-order valence-corrected chi connectivity index (χ4v) is 1.42. The quantitative estimate of drug-likeness (QED) is 0.938. The summed E-state index contributed by atoms with van der Waals surface area (Å²) in [7, 11) is 0. The number of rotatable bonds is 3. The van der Waals surface area contributed by atoms with Gasteiger partial charge in [-0.25, -0.2) is 4.39 Å². The predicted octanol–water partition coefficient (Wildman–Crippen LogP) is 2.30. The van der Waals surface area contributed by atoms with Gasteiger partial charge in [-0.2, -0.15) is 4.39 Å². The number of ether oxygens (including phenoxy) is 1. The van der Waals surface area contributed by atoms with E-state index in [9.17, 15) is 13.6 Å². The second kappa shape index (κ2) is 5.15. The lowest BCUT2D eigenvalue weighted by molar-refractivity contribution is 0.0997. The van der Waals surface area contributed by atoms with Gasteiger partial charge in [0.25, 0.3) is 11.8 Å². The Morgan fingerprint density at radius 1 is 1.32 bits per heavy atom. The van der Waals surface area contributed by atoms with Gasteiger partial charge in [0.05, 0.1) is 0 Å². The van der Waals surface area contributed by atoms with Gasteiger partial charge in [-0.15, -0.1) is 10.2 Å². The highest BCUT2D eigenvalue weighted by molar-refractivity contribution is 6.29. The van der Waals surface area contributed by atoms with Crippen molar-refractivity contribution >= 4 is 17.5 Å². The fraction of sp³-hybridized carbons (Fsp3) is 0. The van der Waals surface area contributed by atoms with E-state index in [-0.39, 0.29) is 16.6 Å². The summed E-state index contributed by atoms with van der Waals surface area (Å²) in [4.78, 5) is 11.2. The number of hydrogen-bond acceptors (Lipinski definition) is 4. The molecule has 0 saturated carbocycles. The third kappa shape index (κ3) is 2.76. The Bertz CT molecular complexity index is 652. The van der Waals surface area contributed by atoms with Crippen molar-refractivity contribution in [1.82, 2.24) is 10.2 Å². The third-order valence-corrected chi connectivity index (χ3v) is 2.30. The topological polar surface area (TPSA) is 78.1 Å². The Kier molecular flexibility index (Phi) is 3.57. The van der Waals surface area contributed by atoms with Crippen LogP contribution in [0.5, 0.6) is 11.6 Å². The van der Waals surface area contributed by atoms with Gasteiger partial charge in [-0.1, -0.05) is 17.7 Å². The van der Waals surface area contributed by atoms with E-state index in [0.717, 1.165) is 12.1 Å². The number of amides is 1. The van der Waals surface area contributed by atoms with E-state index < -0.39 is 23.3 Å². The van der Waals surface area contributed by atoms with Gasteiger partial charge in [0.15, 0.2) is 16.7 Å². The summed E-state index contributed by atoms with van der Waals surface area (Å²) in [6.45, 7) is 0. The van der Waals surface area contributed by atoms with Crippen molar-refractivity contribution in [2.24, 2.45) is 5.73 Å². The van der Waals surface area contributed by atoms with Crippen molar-refractivity contribution in [3.8, 4) is 11.6 Å². The minimum atomic E-state index is -1.21. The Labute approximate surface area is 111 Å². The molecule has 0 unspecified atom stereocenters. The summed E-state index contributed by atoms with van der Waals surface area (Å²) in [5, 5.41) is 6.83. The van der Waals surface area contributed by atoms with E-state index in [1.54, 1.807) is 0 Å². The van der Waals surface area contributed by atoms with E-state index in [4.69, 9.17) is 22.1 Å². The number of benzene rings is 1. The number of halogens is 3. The van der Waals surface area contributed by atoms with Crippen molar-refractivity contribution in [1.29, 1.82) is 0 Å². The van der Waals surface area contributed by atoms with Gasteiger partial charge >= 0.3 is 0 Å². The summed E-state index contributed by atoms with van der Waals surface area (Å²) in [6.07, 6.45) is 0. The Balaban J connectivity index is 2.44. The van der Waals surface area contributed by atoms with Crippen molar-refractivity contribution < 1.29 is 18.3 Å². The molecule has 19 heavy (non-hydrogen) atoms. The van der Waals surface area contributed by atoms with Crippen molar-refractivity contribution in [3.63, 3.8) is 0 Å². The zero-order valence-electron chi connectivity index (χ0n) is 9.23. The second-order valence-corrected chi connectivity index (χ2v) is 3.79. The molecule has 0 spiro atoms. The number of aromatic nitrogens is 2. The molecule has 1 aromatic heterocycles. The first kappa shape index (κ1) is 13.2. The molecule has 0 radical (unpaired) electrons.